The van der Waals surface area contributed by atoms with E-state index in [1.54, 1.807) is 24.1 Å². The first-order valence-electron chi connectivity index (χ1n) is 8.65. The largest absolute Gasteiger partial charge is 0.496 e. The van der Waals surface area contributed by atoms with E-state index in [0.717, 1.165) is 33.6 Å². The molecule has 0 aliphatic carbocycles. The van der Waals surface area contributed by atoms with Gasteiger partial charge in [0.1, 0.15) is 23.7 Å². The zero-order chi connectivity index (χ0) is 19.7. The minimum Gasteiger partial charge on any atom is -0.496 e. The SMILES string of the molecule is COc1c(C)cnc(COc2nc3ccccc3n2-c2ncncc2Cl)c1C. The number of pyridine rings is 1. The topological polar surface area (TPSA) is 75.0 Å². The Labute approximate surface area is 167 Å². The summed E-state index contributed by atoms with van der Waals surface area (Å²) in [5.41, 5.74) is 4.30. The van der Waals surface area contributed by atoms with Gasteiger partial charge in [-0.1, -0.05) is 23.7 Å². The number of hydrogen-bond acceptors (Lipinski definition) is 6. The molecule has 4 rings (SSSR count). The second-order valence-electron chi connectivity index (χ2n) is 6.25. The summed E-state index contributed by atoms with van der Waals surface area (Å²) in [4.78, 5) is 17.3. The highest BCUT2D eigenvalue weighted by Gasteiger charge is 2.18. The smallest absolute Gasteiger partial charge is 0.303 e. The van der Waals surface area contributed by atoms with Crippen molar-refractivity contribution in [3.05, 3.63) is 64.8 Å². The number of para-hydroxylation sites is 2. The lowest BCUT2D eigenvalue weighted by Gasteiger charge is -2.13. The van der Waals surface area contributed by atoms with Crippen LogP contribution in [0.1, 0.15) is 16.8 Å². The molecule has 142 valence electrons. The lowest BCUT2D eigenvalue weighted by Crippen LogP contribution is -2.08. The molecule has 0 saturated carbocycles. The molecule has 0 atom stereocenters. The highest BCUT2D eigenvalue weighted by Crippen LogP contribution is 2.30. The highest BCUT2D eigenvalue weighted by atomic mass is 35.5. The lowest BCUT2D eigenvalue weighted by molar-refractivity contribution is 0.271. The number of benzene rings is 1. The molecule has 0 bridgehead atoms. The minimum atomic E-state index is 0.231. The van der Waals surface area contributed by atoms with Crippen molar-refractivity contribution in [2.45, 2.75) is 20.5 Å². The van der Waals surface area contributed by atoms with Gasteiger partial charge < -0.3 is 9.47 Å². The molecule has 0 radical (unpaired) electrons. The molecule has 0 amide bonds. The molecule has 0 aliphatic rings. The molecule has 0 unspecified atom stereocenters. The molecule has 0 N–H and O–H groups in total. The predicted molar refractivity (Wildman–Crippen MR) is 106 cm³/mol. The van der Waals surface area contributed by atoms with Gasteiger partial charge >= 0.3 is 6.01 Å². The summed E-state index contributed by atoms with van der Waals surface area (Å²) in [6, 6.07) is 8.07. The fourth-order valence-electron chi connectivity index (χ4n) is 3.13. The van der Waals surface area contributed by atoms with E-state index in [1.165, 1.54) is 6.33 Å². The summed E-state index contributed by atoms with van der Waals surface area (Å²) in [6.45, 7) is 4.15. The number of aromatic nitrogens is 5. The standard InChI is InChI=1S/C20H18ClN5O2/c1-12-8-23-16(13(2)18(12)27-3)10-28-20-25-15-6-4-5-7-17(15)26(20)19-14(21)9-22-11-24-19/h4-9,11H,10H2,1-3H3. The van der Waals surface area contributed by atoms with Crippen LogP contribution in [-0.4, -0.2) is 31.6 Å². The van der Waals surface area contributed by atoms with E-state index in [9.17, 15) is 0 Å². The van der Waals surface area contributed by atoms with Gasteiger partial charge in [-0.25, -0.2) is 14.5 Å². The average Bonchev–Trinajstić information content (AvgIpc) is 3.06. The molecule has 0 saturated heterocycles. The normalized spacial score (nSPS) is 11.0. The first-order valence-corrected chi connectivity index (χ1v) is 9.03. The third-order valence-corrected chi connectivity index (χ3v) is 4.74. The molecule has 0 aliphatic heterocycles. The number of rotatable bonds is 5. The first-order chi connectivity index (χ1) is 13.6. The number of nitrogens with zero attached hydrogens (tertiary/aromatic N) is 5. The van der Waals surface area contributed by atoms with Gasteiger partial charge in [-0.15, -0.1) is 0 Å². The van der Waals surface area contributed by atoms with E-state index in [0.29, 0.717) is 16.9 Å². The number of halogens is 1. The molecule has 7 nitrogen and oxygen atoms in total. The Hall–Kier alpha value is -3.19. The van der Waals surface area contributed by atoms with E-state index in [-0.39, 0.29) is 6.61 Å². The van der Waals surface area contributed by atoms with Crippen LogP contribution in [0.5, 0.6) is 11.8 Å². The Kier molecular flexibility index (Phi) is 4.83. The third kappa shape index (κ3) is 3.14. The van der Waals surface area contributed by atoms with Crippen molar-refractivity contribution in [3.63, 3.8) is 0 Å². The van der Waals surface area contributed by atoms with Crippen molar-refractivity contribution in [3.8, 4) is 17.6 Å². The summed E-state index contributed by atoms with van der Waals surface area (Å²) in [6.07, 6.45) is 4.75. The van der Waals surface area contributed by atoms with Gasteiger partial charge in [0, 0.05) is 17.3 Å². The van der Waals surface area contributed by atoms with Gasteiger partial charge in [0.2, 0.25) is 0 Å². The van der Waals surface area contributed by atoms with Crippen LogP contribution in [0.25, 0.3) is 16.9 Å². The van der Waals surface area contributed by atoms with Crippen LogP contribution in [0.4, 0.5) is 0 Å². The summed E-state index contributed by atoms with van der Waals surface area (Å²) < 4.78 is 13.3. The van der Waals surface area contributed by atoms with E-state index in [1.807, 2.05) is 38.1 Å². The van der Waals surface area contributed by atoms with Gasteiger partial charge in [-0.3, -0.25) is 4.98 Å². The molecule has 28 heavy (non-hydrogen) atoms. The van der Waals surface area contributed by atoms with Crippen molar-refractivity contribution in [1.82, 2.24) is 24.5 Å². The minimum absolute atomic E-state index is 0.231. The van der Waals surface area contributed by atoms with Crippen LogP contribution < -0.4 is 9.47 Å². The number of hydrogen-bond donors (Lipinski definition) is 0. The van der Waals surface area contributed by atoms with E-state index < -0.39 is 0 Å². The van der Waals surface area contributed by atoms with Crippen molar-refractivity contribution in [2.24, 2.45) is 0 Å². The summed E-state index contributed by atoms with van der Waals surface area (Å²) in [5.74, 6) is 1.31. The van der Waals surface area contributed by atoms with Crippen LogP contribution in [0.15, 0.2) is 43.0 Å². The second-order valence-corrected chi connectivity index (χ2v) is 6.65. The maximum absolute atomic E-state index is 6.33. The Morgan fingerprint density at radius 2 is 1.93 bits per heavy atom. The fraction of sp³-hybridized carbons (Fsp3) is 0.200. The van der Waals surface area contributed by atoms with Crippen LogP contribution in [-0.2, 0) is 6.61 Å². The van der Waals surface area contributed by atoms with E-state index in [4.69, 9.17) is 21.1 Å². The van der Waals surface area contributed by atoms with Crippen LogP contribution in [0.2, 0.25) is 5.02 Å². The Balaban J connectivity index is 1.76. The Morgan fingerprint density at radius 1 is 1.11 bits per heavy atom. The number of fused-ring (bicyclic) bond motifs is 1. The Bertz CT molecular complexity index is 1160. The zero-order valence-electron chi connectivity index (χ0n) is 15.7. The van der Waals surface area contributed by atoms with Crippen molar-refractivity contribution < 1.29 is 9.47 Å². The molecule has 8 heteroatoms. The van der Waals surface area contributed by atoms with Crippen LogP contribution in [0.3, 0.4) is 0 Å². The summed E-state index contributed by atoms with van der Waals surface area (Å²) in [5, 5.41) is 0.404. The molecule has 0 spiro atoms. The number of aryl methyl sites for hydroxylation is 1. The maximum atomic E-state index is 6.33. The fourth-order valence-corrected chi connectivity index (χ4v) is 3.32. The number of methoxy groups -OCH3 is 1. The lowest BCUT2D eigenvalue weighted by atomic mass is 10.1. The average molecular weight is 396 g/mol. The van der Waals surface area contributed by atoms with Crippen molar-refractivity contribution in [2.75, 3.05) is 7.11 Å². The Morgan fingerprint density at radius 3 is 2.71 bits per heavy atom. The number of ether oxygens (including phenoxy) is 2. The molecule has 1 aromatic carbocycles. The predicted octanol–water partition coefficient (Wildman–Crippen LogP) is 4.07. The molecule has 3 heterocycles. The zero-order valence-corrected chi connectivity index (χ0v) is 16.4. The monoisotopic (exact) mass is 395 g/mol. The van der Waals surface area contributed by atoms with Crippen LogP contribution in [0, 0.1) is 13.8 Å². The third-order valence-electron chi connectivity index (χ3n) is 4.48. The van der Waals surface area contributed by atoms with Crippen molar-refractivity contribution >= 4 is 22.6 Å². The maximum Gasteiger partial charge on any atom is 0.303 e. The van der Waals surface area contributed by atoms with Gasteiger partial charge in [0.15, 0.2) is 5.82 Å². The highest BCUT2D eigenvalue weighted by molar-refractivity contribution is 6.32. The molecular weight excluding hydrogens is 378 g/mol. The quantitative estimate of drug-likeness (QED) is 0.507. The molecule has 0 fully saturated rings. The molecule has 3 aromatic heterocycles. The van der Waals surface area contributed by atoms with Gasteiger partial charge in [-0.05, 0) is 26.0 Å². The van der Waals surface area contributed by atoms with Gasteiger partial charge in [0.05, 0.1) is 30.0 Å². The summed E-state index contributed by atoms with van der Waals surface area (Å²) in [7, 11) is 1.65. The number of imidazole rings is 1. The van der Waals surface area contributed by atoms with Gasteiger partial charge in [-0.2, -0.15) is 4.98 Å². The summed E-state index contributed by atoms with van der Waals surface area (Å²) >= 11 is 6.33. The van der Waals surface area contributed by atoms with Crippen LogP contribution >= 0.6 is 11.6 Å². The van der Waals surface area contributed by atoms with E-state index >= 15 is 0 Å². The van der Waals surface area contributed by atoms with E-state index in [2.05, 4.69) is 19.9 Å². The van der Waals surface area contributed by atoms with Gasteiger partial charge in [0.25, 0.3) is 0 Å². The van der Waals surface area contributed by atoms with Crippen molar-refractivity contribution in [1.29, 1.82) is 0 Å². The molecular formula is C20H18ClN5O2. The first kappa shape index (κ1) is 18.2. The second kappa shape index (κ2) is 7.44. The molecule has 4 aromatic rings.